The Labute approximate surface area is 148 Å². The van der Waals surface area contributed by atoms with Gasteiger partial charge in [0.15, 0.2) is 11.5 Å². The van der Waals surface area contributed by atoms with Gasteiger partial charge >= 0.3 is 0 Å². The topological polar surface area (TPSA) is 52.6 Å². The van der Waals surface area contributed by atoms with Gasteiger partial charge in [0, 0.05) is 39.6 Å². The van der Waals surface area contributed by atoms with Crippen LogP contribution in [-0.4, -0.2) is 26.3 Å². The summed E-state index contributed by atoms with van der Waals surface area (Å²) in [4.78, 5) is 4.40. The van der Waals surface area contributed by atoms with Gasteiger partial charge in [0.1, 0.15) is 0 Å². The molecule has 2 aromatic carbocycles. The summed E-state index contributed by atoms with van der Waals surface area (Å²) in [5.74, 6) is 1.76. The van der Waals surface area contributed by atoms with Crippen molar-refractivity contribution in [3.05, 3.63) is 47.1 Å². The Morgan fingerprint density at radius 3 is 2.25 bits per heavy atom. The van der Waals surface area contributed by atoms with Crippen molar-refractivity contribution in [1.29, 1.82) is 0 Å². The number of pyridine rings is 1. The van der Waals surface area contributed by atoms with Crippen LogP contribution in [-0.2, 0) is 0 Å². The number of nitrogens with one attached hydrogen (secondary N) is 1. The van der Waals surface area contributed by atoms with Gasteiger partial charge in [-0.1, -0.05) is 15.9 Å². The molecule has 0 unspecified atom stereocenters. The van der Waals surface area contributed by atoms with Crippen LogP contribution in [0.4, 0.5) is 11.4 Å². The van der Waals surface area contributed by atoms with Crippen molar-refractivity contribution in [3.63, 3.8) is 0 Å². The van der Waals surface area contributed by atoms with Crippen LogP contribution >= 0.6 is 15.9 Å². The summed E-state index contributed by atoms with van der Waals surface area (Å²) in [6.07, 6.45) is 1.77. The van der Waals surface area contributed by atoms with Crippen LogP contribution in [0.2, 0.25) is 0 Å². The van der Waals surface area contributed by atoms with Gasteiger partial charge in [-0.05, 0) is 24.3 Å². The Morgan fingerprint density at radius 2 is 1.62 bits per heavy atom. The summed E-state index contributed by atoms with van der Waals surface area (Å²) < 4.78 is 17.1. The van der Waals surface area contributed by atoms with Crippen LogP contribution in [0.25, 0.3) is 10.9 Å². The smallest absolute Gasteiger partial charge is 0.203 e. The highest BCUT2D eigenvalue weighted by Gasteiger charge is 2.14. The van der Waals surface area contributed by atoms with Crippen LogP contribution in [0.15, 0.2) is 47.1 Å². The van der Waals surface area contributed by atoms with Crippen LogP contribution in [0.3, 0.4) is 0 Å². The zero-order valence-corrected chi connectivity index (χ0v) is 15.2. The molecule has 3 aromatic rings. The lowest BCUT2D eigenvalue weighted by Gasteiger charge is -2.16. The molecule has 0 bridgehead atoms. The first-order valence-electron chi connectivity index (χ1n) is 7.27. The minimum absolute atomic E-state index is 0.564. The standard InChI is InChI=1S/C18H17BrN2O3/c1-22-16-9-12(10-17(23-2)18(16)24-3)21-14-6-7-20-15-8-11(19)4-5-13(14)15/h4-10H,1-3H3,(H,20,21). The molecule has 0 aliphatic carbocycles. The van der Waals surface area contributed by atoms with E-state index in [0.29, 0.717) is 17.2 Å². The summed E-state index contributed by atoms with van der Waals surface area (Å²) in [6.45, 7) is 0. The fourth-order valence-corrected chi connectivity index (χ4v) is 2.89. The lowest BCUT2D eigenvalue weighted by atomic mass is 10.1. The number of benzene rings is 2. The van der Waals surface area contributed by atoms with Gasteiger partial charge < -0.3 is 19.5 Å². The van der Waals surface area contributed by atoms with Crippen molar-refractivity contribution in [2.75, 3.05) is 26.6 Å². The van der Waals surface area contributed by atoms with Crippen molar-refractivity contribution >= 4 is 38.2 Å². The maximum absolute atomic E-state index is 5.40. The Hall–Kier alpha value is -2.47. The Balaban J connectivity index is 2.05. The zero-order chi connectivity index (χ0) is 17.1. The molecule has 0 amide bonds. The highest BCUT2D eigenvalue weighted by atomic mass is 79.9. The molecule has 5 nitrogen and oxygen atoms in total. The molecular weight excluding hydrogens is 372 g/mol. The number of anilines is 2. The number of ether oxygens (including phenoxy) is 3. The number of hydrogen-bond donors (Lipinski definition) is 1. The fraction of sp³-hybridized carbons (Fsp3) is 0.167. The summed E-state index contributed by atoms with van der Waals surface area (Å²) in [7, 11) is 4.78. The second-order valence-corrected chi connectivity index (χ2v) is 5.97. The van der Waals surface area contributed by atoms with E-state index in [-0.39, 0.29) is 0 Å². The number of rotatable bonds is 5. The number of methoxy groups -OCH3 is 3. The SMILES string of the molecule is COc1cc(Nc2ccnc3cc(Br)ccc23)cc(OC)c1OC. The van der Waals surface area contributed by atoms with Crippen molar-refractivity contribution in [3.8, 4) is 17.2 Å². The quantitative estimate of drug-likeness (QED) is 0.682. The highest BCUT2D eigenvalue weighted by molar-refractivity contribution is 9.10. The third-order valence-electron chi connectivity index (χ3n) is 3.65. The van der Waals surface area contributed by atoms with Gasteiger partial charge in [-0.15, -0.1) is 0 Å². The summed E-state index contributed by atoms with van der Waals surface area (Å²) in [5, 5.41) is 4.42. The van der Waals surface area contributed by atoms with Gasteiger partial charge in [-0.2, -0.15) is 0 Å². The third-order valence-corrected chi connectivity index (χ3v) is 4.14. The van der Waals surface area contributed by atoms with Crippen molar-refractivity contribution in [2.45, 2.75) is 0 Å². The predicted molar refractivity (Wildman–Crippen MR) is 98.8 cm³/mol. The molecule has 6 heteroatoms. The van der Waals surface area contributed by atoms with E-state index in [0.717, 1.165) is 26.8 Å². The minimum atomic E-state index is 0.564. The van der Waals surface area contributed by atoms with E-state index in [2.05, 4.69) is 26.2 Å². The maximum Gasteiger partial charge on any atom is 0.203 e. The predicted octanol–water partition coefficient (Wildman–Crippen LogP) is 4.77. The molecule has 0 aliphatic heterocycles. The number of fused-ring (bicyclic) bond motifs is 1. The van der Waals surface area contributed by atoms with Crippen LogP contribution in [0.1, 0.15) is 0 Å². The van der Waals surface area contributed by atoms with E-state index in [4.69, 9.17) is 14.2 Å². The molecule has 0 fully saturated rings. The first kappa shape index (κ1) is 16.4. The summed E-state index contributed by atoms with van der Waals surface area (Å²) in [5.41, 5.74) is 2.68. The molecule has 1 N–H and O–H groups in total. The fourth-order valence-electron chi connectivity index (χ4n) is 2.54. The third kappa shape index (κ3) is 3.10. The molecule has 124 valence electrons. The normalized spacial score (nSPS) is 10.5. The molecular formula is C18H17BrN2O3. The monoisotopic (exact) mass is 388 g/mol. The molecule has 0 atom stereocenters. The van der Waals surface area contributed by atoms with Gasteiger partial charge in [0.05, 0.1) is 26.8 Å². The van der Waals surface area contributed by atoms with Crippen LogP contribution in [0.5, 0.6) is 17.2 Å². The first-order valence-corrected chi connectivity index (χ1v) is 8.07. The van der Waals surface area contributed by atoms with E-state index in [9.17, 15) is 0 Å². The largest absolute Gasteiger partial charge is 0.493 e. The van der Waals surface area contributed by atoms with Gasteiger partial charge in [0.25, 0.3) is 0 Å². The van der Waals surface area contributed by atoms with Crippen molar-refractivity contribution < 1.29 is 14.2 Å². The molecule has 24 heavy (non-hydrogen) atoms. The van der Waals surface area contributed by atoms with E-state index < -0.39 is 0 Å². The number of hydrogen-bond acceptors (Lipinski definition) is 5. The van der Waals surface area contributed by atoms with Crippen LogP contribution < -0.4 is 19.5 Å². The Bertz CT molecular complexity index is 858. The molecule has 0 aliphatic rings. The van der Waals surface area contributed by atoms with Crippen molar-refractivity contribution in [2.24, 2.45) is 0 Å². The Kier molecular flexibility index (Phi) is 4.76. The molecule has 0 spiro atoms. The Morgan fingerprint density at radius 1 is 0.917 bits per heavy atom. The number of nitrogens with zero attached hydrogens (tertiary/aromatic N) is 1. The minimum Gasteiger partial charge on any atom is -0.493 e. The van der Waals surface area contributed by atoms with E-state index in [1.165, 1.54) is 0 Å². The summed E-state index contributed by atoms with van der Waals surface area (Å²) >= 11 is 3.47. The van der Waals surface area contributed by atoms with Gasteiger partial charge in [0.2, 0.25) is 5.75 Å². The van der Waals surface area contributed by atoms with E-state index >= 15 is 0 Å². The van der Waals surface area contributed by atoms with E-state index in [1.807, 2.05) is 36.4 Å². The van der Waals surface area contributed by atoms with Crippen LogP contribution in [0, 0.1) is 0 Å². The molecule has 0 saturated heterocycles. The second kappa shape index (κ2) is 6.97. The zero-order valence-electron chi connectivity index (χ0n) is 13.6. The highest BCUT2D eigenvalue weighted by Crippen LogP contribution is 2.41. The average Bonchev–Trinajstić information content (AvgIpc) is 2.60. The summed E-state index contributed by atoms with van der Waals surface area (Å²) in [6, 6.07) is 11.7. The maximum atomic E-state index is 5.40. The molecule has 0 saturated carbocycles. The van der Waals surface area contributed by atoms with Gasteiger partial charge in [-0.3, -0.25) is 4.98 Å². The average molecular weight is 389 g/mol. The van der Waals surface area contributed by atoms with Gasteiger partial charge in [-0.25, -0.2) is 0 Å². The molecule has 1 aromatic heterocycles. The lowest BCUT2D eigenvalue weighted by molar-refractivity contribution is 0.324. The lowest BCUT2D eigenvalue weighted by Crippen LogP contribution is -1.98. The molecule has 3 rings (SSSR count). The molecule has 0 radical (unpaired) electrons. The van der Waals surface area contributed by atoms with E-state index in [1.54, 1.807) is 27.5 Å². The molecule has 1 heterocycles. The number of halogens is 1. The van der Waals surface area contributed by atoms with Crippen molar-refractivity contribution in [1.82, 2.24) is 4.98 Å². The number of aromatic nitrogens is 1. The second-order valence-electron chi connectivity index (χ2n) is 5.06. The first-order chi connectivity index (χ1) is 11.7.